The van der Waals surface area contributed by atoms with E-state index in [1.165, 1.54) is 7.11 Å². The van der Waals surface area contributed by atoms with E-state index in [2.05, 4.69) is 10.1 Å². The molecule has 1 saturated heterocycles. The third-order valence-electron chi connectivity index (χ3n) is 1.55. The van der Waals surface area contributed by atoms with Gasteiger partial charge in [0.1, 0.15) is 0 Å². The van der Waals surface area contributed by atoms with Gasteiger partial charge in [-0.3, -0.25) is 4.79 Å². The first-order valence-electron chi connectivity index (χ1n) is 5.57. The SMILES string of the molecule is [2H]C1([2H])CNCC([2H])([2H])C1CC(=O)OC. The molecule has 0 saturated carbocycles. The van der Waals surface area contributed by atoms with Crippen molar-refractivity contribution in [2.75, 3.05) is 20.2 Å². The molecule has 0 unspecified atom stereocenters. The maximum Gasteiger partial charge on any atom is 0.305 e. The molecule has 11 heavy (non-hydrogen) atoms. The van der Waals surface area contributed by atoms with Crippen LogP contribution in [0.5, 0.6) is 0 Å². The lowest BCUT2D eigenvalue weighted by molar-refractivity contribution is -0.141. The lowest BCUT2D eigenvalue weighted by Crippen LogP contribution is -2.29. The number of hydrogen-bond acceptors (Lipinski definition) is 3. The van der Waals surface area contributed by atoms with Crippen LogP contribution in [0, 0.1) is 5.92 Å². The van der Waals surface area contributed by atoms with E-state index >= 15 is 0 Å². The van der Waals surface area contributed by atoms with Gasteiger partial charge in [-0.05, 0) is 31.8 Å². The van der Waals surface area contributed by atoms with E-state index in [0.29, 0.717) is 0 Å². The van der Waals surface area contributed by atoms with Gasteiger partial charge in [0.05, 0.1) is 7.11 Å². The van der Waals surface area contributed by atoms with E-state index < -0.39 is 24.6 Å². The molecule has 0 aliphatic carbocycles. The van der Waals surface area contributed by atoms with Crippen LogP contribution in [0.2, 0.25) is 0 Å². The number of rotatable bonds is 2. The highest BCUT2D eigenvalue weighted by molar-refractivity contribution is 5.69. The second kappa shape index (κ2) is 4.34. The Hall–Kier alpha value is -0.570. The Kier molecular flexibility index (Phi) is 1.76. The molecule has 1 N–H and O–H groups in total. The highest BCUT2D eigenvalue weighted by Crippen LogP contribution is 2.15. The average molecular weight is 161 g/mol. The Balaban J connectivity index is 2.81. The highest BCUT2D eigenvalue weighted by atomic mass is 16.5. The van der Waals surface area contributed by atoms with Crippen LogP contribution in [0.4, 0.5) is 0 Å². The van der Waals surface area contributed by atoms with Crippen LogP contribution in [0.15, 0.2) is 0 Å². The molecule has 0 aromatic carbocycles. The van der Waals surface area contributed by atoms with E-state index in [0.717, 1.165) is 0 Å². The standard InChI is InChI=1S/C8H15NO2/c1-11-8(10)6-7-2-4-9-5-3-7/h7,9H,2-6H2,1H3/i2D2,3D2. The largest absolute Gasteiger partial charge is 0.469 e. The van der Waals surface area contributed by atoms with Gasteiger partial charge in [-0.25, -0.2) is 0 Å². The molecule has 0 aromatic heterocycles. The first-order chi connectivity index (χ1) is 6.79. The second-order valence-electron chi connectivity index (χ2n) is 2.34. The first kappa shape index (κ1) is 4.45. The number of carbonyl (C=O) groups excluding carboxylic acids is 1. The van der Waals surface area contributed by atoms with Gasteiger partial charge >= 0.3 is 5.97 Å². The molecular formula is C8H15NO2. The number of ether oxygens (including phenoxy) is 1. The number of methoxy groups -OCH3 is 1. The van der Waals surface area contributed by atoms with E-state index in [1.807, 2.05) is 0 Å². The van der Waals surface area contributed by atoms with Crippen molar-refractivity contribution in [1.82, 2.24) is 5.32 Å². The van der Waals surface area contributed by atoms with Crippen molar-refractivity contribution in [3.63, 3.8) is 0 Å². The molecular weight excluding hydrogens is 142 g/mol. The van der Waals surface area contributed by atoms with Crippen LogP contribution in [0.1, 0.15) is 24.6 Å². The first-order valence-corrected chi connectivity index (χ1v) is 3.57. The Labute approximate surface area is 72.7 Å². The summed E-state index contributed by atoms with van der Waals surface area (Å²) < 4.78 is 35.1. The topological polar surface area (TPSA) is 38.3 Å². The summed E-state index contributed by atoms with van der Waals surface area (Å²) in [5.74, 6) is -1.53. The number of piperidine rings is 1. The summed E-state index contributed by atoms with van der Waals surface area (Å²) in [6.45, 7) is 0.127. The molecule has 0 bridgehead atoms. The van der Waals surface area contributed by atoms with Crippen LogP contribution in [0.3, 0.4) is 0 Å². The Morgan fingerprint density at radius 2 is 2.36 bits per heavy atom. The van der Waals surface area contributed by atoms with Gasteiger partial charge in [0, 0.05) is 11.9 Å². The van der Waals surface area contributed by atoms with Gasteiger partial charge in [0.25, 0.3) is 0 Å². The van der Waals surface area contributed by atoms with Gasteiger partial charge in [-0.2, -0.15) is 0 Å². The van der Waals surface area contributed by atoms with Gasteiger partial charge in [0.15, 0.2) is 0 Å². The quantitative estimate of drug-likeness (QED) is 0.601. The minimum absolute atomic E-state index is 0.0637. The zero-order valence-electron chi connectivity index (χ0n) is 10.5. The zero-order chi connectivity index (χ0) is 11.7. The van der Waals surface area contributed by atoms with Crippen molar-refractivity contribution >= 4 is 5.97 Å². The number of esters is 1. The normalized spacial score (nSPS) is 34.3. The predicted molar refractivity (Wildman–Crippen MR) is 42.2 cm³/mol. The lowest BCUT2D eigenvalue weighted by atomic mass is 9.95. The molecule has 0 spiro atoms. The fourth-order valence-corrected chi connectivity index (χ4v) is 0.920. The van der Waals surface area contributed by atoms with Crippen molar-refractivity contribution in [3.8, 4) is 0 Å². The molecule has 1 aliphatic rings. The summed E-state index contributed by atoms with van der Waals surface area (Å²) in [4.78, 5) is 11.1. The summed E-state index contributed by atoms with van der Waals surface area (Å²) in [6.07, 6.45) is -3.68. The average Bonchev–Trinajstić information content (AvgIpc) is 2.10. The number of carbonyl (C=O) groups is 1. The van der Waals surface area contributed by atoms with Crippen LogP contribution in [-0.4, -0.2) is 26.2 Å². The summed E-state index contributed by atoms with van der Waals surface area (Å²) in [5, 5.41) is 2.68. The maximum absolute atomic E-state index is 11.1. The zero-order valence-corrected chi connectivity index (χ0v) is 6.52. The van der Waals surface area contributed by atoms with Crippen LogP contribution in [0.25, 0.3) is 0 Å². The lowest BCUT2D eigenvalue weighted by Gasteiger charge is -2.20. The number of nitrogens with one attached hydrogen (secondary N) is 1. The fraction of sp³-hybridized carbons (Fsp3) is 0.875. The van der Waals surface area contributed by atoms with Crippen LogP contribution >= 0.6 is 0 Å². The molecule has 0 radical (unpaired) electrons. The van der Waals surface area contributed by atoms with Gasteiger partial charge in [0.2, 0.25) is 0 Å². The highest BCUT2D eigenvalue weighted by Gasteiger charge is 2.16. The molecule has 1 fully saturated rings. The third kappa shape index (κ3) is 2.89. The molecule has 0 amide bonds. The van der Waals surface area contributed by atoms with Crippen LogP contribution in [-0.2, 0) is 9.53 Å². The smallest absolute Gasteiger partial charge is 0.305 e. The van der Waals surface area contributed by atoms with Crippen molar-refractivity contribution in [2.24, 2.45) is 5.92 Å². The van der Waals surface area contributed by atoms with Gasteiger partial charge in [-0.15, -0.1) is 0 Å². The van der Waals surface area contributed by atoms with Gasteiger partial charge in [-0.1, -0.05) is 0 Å². The van der Waals surface area contributed by atoms with E-state index in [4.69, 9.17) is 5.48 Å². The second-order valence-corrected chi connectivity index (χ2v) is 2.34. The van der Waals surface area contributed by atoms with Crippen molar-refractivity contribution in [2.45, 2.75) is 19.2 Å². The van der Waals surface area contributed by atoms with Crippen molar-refractivity contribution in [3.05, 3.63) is 0 Å². The molecule has 3 nitrogen and oxygen atoms in total. The van der Waals surface area contributed by atoms with E-state index in [9.17, 15) is 4.79 Å². The van der Waals surface area contributed by atoms with Crippen molar-refractivity contribution < 1.29 is 15.0 Å². The third-order valence-corrected chi connectivity index (χ3v) is 1.55. The summed E-state index contributed by atoms with van der Waals surface area (Å²) in [5.41, 5.74) is 0. The Morgan fingerprint density at radius 1 is 1.73 bits per heavy atom. The molecule has 3 heteroatoms. The minimum atomic E-state index is -1.73. The molecule has 1 rings (SSSR count). The minimum Gasteiger partial charge on any atom is -0.469 e. The van der Waals surface area contributed by atoms with Crippen molar-refractivity contribution in [1.29, 1.82) is 0 Å². The van der Waals surface area contributed by atoms with E-state index in [-0.39, 0.29) is 19.5 Å². The number of hydrogen-bond donors (Lipinski definition) is 1. The maximum atomic E-state index is 11.1. The summed E-state index contributed by atoms with van der Waals surface area (Å²) in [7, 11) is 1.22. The molecule has 0 aromatic rings. The molecule has 1 heterocycles. The monoisotopic (exact) mass is 161 g/mol. The van der Waals surface area contributed by atoms with Gasteiger partial charge < -0.3 is 10.1 Å². The molecule has 1 aliphatic heterocycles. The van der Waals surface area contributed by atoms with E-state index in [1.54, 1.807) is 0 Å². The molecule has 64 valence electrons. The Morgan fingerprint density at radius 3 is 2.91 bits per heavy atom. The summed E-state index contributed by atoms with van der Waals surface area (Å²) >= 11 is 0. The fourth-order valence-electron chi connectivity index (χ4n) is 0.920. The molecule has 0 atom stereocenters. The Bertz CT molecular complexity index is 241. The van der Waals surface area contributed by atoms with Crippen LogP contribution < -0.4 is 5.32 Å². The summed E-state index contributed by atoms with van der Waals surface area (Å²) in [6, 6.07) is 0. The predicted octanol–water partition coefficient (Wildman–Crippen LogP) is 0.549.